The number of hydrogen-bond donors (Lipinski definition) is 0. The van der Waals surface area contributed by atoms with E-state index in [1.54, 1.807) is 31.4 Å². The molecule has 1 aliphatic rings. The van der Waals surface area contributed by atoms with Crippen molar-refractivity contribution in [1.82, 2.24) is 0 Å². The third-order valence-corrected chi connectivity index (χ3v) is 4.07. The Hall–Kier alpha value is -2.69. The van der Waals surface area contributed by atoms with E-state index in [4.69, 9.17) is 14.2 Å². The number of ether oxygens (including phenoxy) is 3. The van der Waals surface area contributed by atoms with Crippen molar-refractivity contribution in [3.63, 3.8) is 0 Å². The monoisotopic (exact) mass is 355 g/mol. The number of benzene rings is 2. The maximum Gasteiger partial charge on any atom is 0.338 e. The molecular weight excluding hydrogens is 338 g/mol. The number of carbonyl (C=O) groups excluding carboxylic acids is 1. The van der Waals surface area contributed by atoms with Gasteiger partial charge in [0.15, 0.2) is 0 Å². The third-order valence-electron chi connectivity index (χ3n) is 3.96. The number of esters is 1. The zero-order chi connectivity index (χ0) is 17.6. The Balaban J connectivity index is 1.54. The smallest absolute Gasteiger partial charge is 0.338 e. The molecule has 1 saturated carbocycles. The molecule has 0 heterocycles. The molecule has 6 heteroatoms. The number of carbonyl (C=O) groups is 1. The number of isothiocyanates is 1. The fourth-order valence-electron chi connectivity index (χ4n) is 2.47. The molecule has 1 fully saturated rings. The Labute approximate surface area is 151 Å². The molecule has 0 unspecified atom stereocenters. The molecule has 3 rings (SSSR count). The zero-order valence-electron chi connectivity index (χ0n) is 13.7. The standard InChI is InChI=1S/C19H17NO4S/c1-22-15-6-8-17(9-7-15)23-16-4-2-13(3-5-16)19(21)24-18-10-14(11-18)20-12-25/h2-9,14,18H,10-11H2,1H3/t14-,18+. The second kappa shape index (κ2) is 7.92. The summed E-state index contributed by atoms with van der Waals surface area (Å²) in [6.07, 6.45) is 1.31. The van der Waals surface area contributed by atoms with Crippen LogP contribution < -0.4 is 9.47 Å². The Morgan fingerprint density at radius 1 is 1.04 bits per heavy atom. The van der Waals surface area contributed by atoms with Gasteiger partial charge in [0.05, 0.1) is 23.9 Å². The lowest BCUT2D eigenvalue weighted by Gasteiger charge is -2.30. The van der Waals surface area contributed by atoms with Crippen LogP contribution in [0, 0.1) is 0 Å². The summed E-state index contributed by atoms with van der Waals surface area (Å²) in [5.41, 5.74) is 0.490. The SMILES string of the molecule is COc1ccc(Oc2ccc(C(=O)O[C@H]3C[C@@H](N=C=S)C3)cc2)cc1. The van der Waals surface area contributed by atoms with Crippen molar-refractivity contribution in [3.05, 3.63) is 54.1 Å². The van der Waals surface area contributed by atoms with Gasteiger partial charge in [-0.2, -0.15) is 0 Å². The van der Waals surface area contributed by atoms with E-state index in [1.807, 2.05) is 24.3 Å². The molecule has 128 valence electrons. The quantitative estimate of drug-likeness (QED) is 0.440. The fraction of sp³-hybridized carbons (Fsp3) is 0.263. The summed E-state index contributed by atoms with van der Waals surface area (Å²) in [6.45, 7) is 0. The second-order valence-corrected chi connectivity index (χ2v) is 5.86. The van der Waals surface area contributed by atoms with Crippen molar-refractivity contribution < 1.29 is 19.0 Å². The summed E-state index contributed by atoms with van der Waals surface area (Å²) < 4.78 is 16.3. The van der Waals surface area contributed by atoms with Crippen LogP contribution in [0.1, 0.15) is 23.2 Å². The minimum atomic E-state index is -0.342. The highest BCUT2D eigenvalue weighted by molar-refractivity contribution is 7.78. The highest BCUT2D eigenvalue weighted by Crippen LogP contribution is 2.28. The molecule has 0 atom stereocenters. The van der Waals surface area contributed by atoms with Crippen molar-refractivity contribution in [2.24, 2.45) is 4.99 Å². The van der Waals surface area contributed by atoms with Gasteiger partial charge in [-0.3, -0.25) is 0 Å². The summed E-state index contributed by atoms with van der Waals surface area (Å²) in [5.74, 6) is 1.75. The Bertz CT molecular complexity index is 776. The molecular formula is C19H17NO4S. The van der Waals surface area contributed by atoms with Crippen LogP contribution in [0.5, 0.6) is 17.2 Å². The van der Waals surface area contributed by atoms with Crippen molar-refractivity contribution in [1.29, 1.82) is 0 Å². The van der Waals surface area contributed by atoms with E-state index in [-0.39, 0.29) is 18.1 Å². The van der Waals surface area contributed by atoms with E-state index < -0.39 is 0 Å². The highest BCUT2D eigenvalue weighted by atomic mass is 32.1. The van der Waals surface area contributed by atoms with Gasteiger partial charge in [0.2, 0.25) is 0 Å². The molecule has 0 aromatic heterocycles. The molecule has 0 spiro atoms. The molecule has 0 amide bonds. The number of hydrogen-bond acceptors (Lipinski definition) is 6. The largest absolute Gasteiger partial charge is 0.497 e. The lowest BCUT2D eigenvalue weighted by Crippen LogP contribution is -2.35. The lowest BCUT2D eigenvalue weighted by molar-refractivity contribution is 0.00360. The van der Waals surface area contributed by atoms with Crippen LogP contribution in [-0.2, 0) is 4.74 Å². The zero-order valence-corrected chi connectivity index (χ0v) is 14.5. The highest BCUT2D eigenvalue weighted by Gasteiger charge is 2.32. The van der Waals surface area contributed by atoms with Crippen LogP contribution in [-0.4, -0.2) is 30.4 Å². The predicted molar refractivity (Wildman–Crippen MR) is 96.8 cm³/mol. The van der Waals surface area contributed by atoms with Gasteiger partial charge < -0.3 is 14.2 Å². The minimum absolute atomic E-state index is 0.0974. The Morgan fingerprint density at radius 3 is 2.16 bits per heavy atom. The normalized spacial score (nSPS) is 18.4. The topological polar surface area (TPSA) is 57.1 Å². The van der Waals surface area contributed by atoms with Crippen LogP contribution in [0.4, 0.5) is 0 Å². The molecule has 25 heavy (non-hydrogen) atoms. The number of thiocarbonyl (C=S) groups is 1. The molecule has 0 aliphatic heterocycles. The van der Waals surface area contributed by atoms with E-state index in [1.165, 1.54) is 0 Å². The number of nitrogens with zero attached hydrogens (tertiary/aromatic N) is 1. The molecule has 2 aromatic rings. The average Bonchev–Trinajstić information content (AvgIpc) is 2.61. The van der Waals surface area contributed by atoms with E-state index >= 15 is 0 Å². The number of aliphatic imine (C=N–C) groups is 1. The van der Waals surface area contributed by atoms with Crippen LogP contribution in [0.25, 0.3) is 0 Å². The first-order valence-corrected chi connectivity index (χ1v) is 8.28. The molecule has 0 radical (unpaired) electrons. The van der Waals surface area contributed by atoms with Crippen molar-refractivity contribution in [3.8, 4) is 17.2 Å². The number of rotatable bonds is 6. The first kappa shape index (κ1) is 17.1. The molecule has 5 nitrogen and oxygen atoms in total. The van der Waals surface area contributed by atoms with E-state index in [0.717, 1.165) is 5.75 Å². The van der Waals surface area contributed by atoms with E-state index in [9.17, 15) is 4.79 Å². The average molecular weight is 355 g/mol. The van der Waals surface area contributed by atoms with Gasteiger partial charge in [0, 0.05) is 12.8 Å². The van der Waals surface area contributed by atoms with Gasteiger partial charge in [-0.1, -0.05) is 0 Å². The molecule has 0 saturated heterocycles. The Morgan fingerprint density at radius 2 is 1.60 bits per heavy atom. The molecule has 2 aromatic carbocycles. The fourth-order valence-corrected chi connectivity index (χ4v) is 2.62. The van der Waals surface area contributed by atoms with Gasteiger partial charge >= 0.3 is 5.97 Å². The van der Waals surface area contributed by atoms with Gasteiger partial charge in [0.1, 0.15) is 23.4 Å². The summed E-state index contributed by atoms with van der Waals surface area (Å²) in [4.78, 5) is 16.1. The van der Waals surface area contributed by atoms with Crippen LogP contribution >= 0.6 is 12.2 Å². The van der Waals surface area contributed by atoms with Gasteiger partial charge in [-0.25, -0.2) is 9.79 Å². The molecule has 0 N–H and O–H groups in total. The van der Waals surface area contributed by atoms with E-state index in [0.29, 0.717) is 29.9 Å². The first-order valence-electron chi connectivity index (χ1n) is 7.88. The maximum absolute atomic E-state index is 12.1. The molecule has 0 bridgehead atoms. The van der Waals surface area contributed by atoms with E-state index in [2.05, 4.69) is 22.4 Å². The van der Waals surface area contributed by atoms with Crippen molar-refractivity contribution >= 4 is 23.3 Å². The third kappa shape index (κ3) is 4.44. The summed E-state index contributed by atoms with van der Waals surface area (Å²) >= 11 is 4.56. The van der Waals surface area contributed by atoms with Crippen LogP contribution in [0.15, 0.2) is 53.5 Å². The van der Waals surface area contributed by atoms with Crippen molar-refractivity contribution in [2.75, 3.05) is 7.11 Å². The lowest BCUT2D eigenvalue weighted by atomic mass is 9.90. The van der Waals surface area contributed by atoms with Crippen LogP contribution in [0.3, 0.4) is 0 Å². The van der Waals surface area contributed by atoms with Crippen molar-refractivity contribution in [2.45, 2.75) is 25.0 Å². The maximum atomic E-state index is 12.1. The van der Waals surface area contributed by atoms with Gasteiger partial charge in [-0.05, 0) is 60.7 Å². The van der Waals surface area contributed by atoms with Crippen LogP contribution in [0.2, 0.25) is 0 Å². The van der Waals surface area contributed by atoms with Gasteiger partial charge in [0.25, 0.3) is 0 Å². The summed E-state index contributed by atoms with van der Waals surface area (Å²) in [6, 6.07) is 14.3. The number of methoxy groups -OCH3 is 1. The summed E-state index contributed by atoms with van der Waals surface area (Å²) in [5, 5.41) is 2.35. The second-order valence-electron chi connectivity index (χ2n) is 5.67. The van der Waals surface area contributed by atoms with Gasteiger partial charge in [-0.15, -0.1) is 0 Å². The molecule has 1 aliphatic carbocycles. The Kier molecular flexibility index (Phi) is 5.43. The first-order chi connectivity index (χ1) is 12.2. The minimum Gasteiger partial charge on any atom is -0.497 e. The predicted octanol–water partition coefficient (Wildman–Crippen LogP) is 4.28. The summed E-state index contributed by atoms with van der Waals surface area (Å²) in [7, 11) is 1.61.